The predicted octanol–water partition coefficient (Wildman–Crippen LogP) is 2.13. The normalized spacial score (nSPS) is 9.53. The fourth-order valence-electron chi connectivity index (χ4n) is 1.51. The maximum Gasteiger partial charge on any atom is 0.308 e. The summed E-state index contributed by atoms with van der Waals surface area (Å²) in [7, 11) is 0. The molecule has 0 aliphatic carbocycles. The summed E-state index contributed by atoms with van der Waals surface area (Å²) in [4.78, 5) is 23.8. The zero-order valence-corrected chi connectivity index (χ0v) is 13.0. The van der Waals surface area contributed by atoms with Gasteiger partial charge in [0.1, 0.15) is 5.69 Å². The molecular weight excluding hydrogens is 323 g/mol. The van der Waals surface area contributed by atoms with Crippen LogP contribution < -0.4 is 10.9 Å². The Kier molecular flexibility index (Phi) is 5.38. The standard InChI is InChI=1S/C12H10N3O3.Y/c1-8-4-2-3-5-9(8)14-10-6-12(16)13-7-11(10)15(17)18;/h3-7H,1H3,(H2,13,14,16);/q-1;. The van der Waals surface area contributed by atoms with Crippen molar-refractivity contribution in [3.8, 4) is 0 Å². The summed E-state index contributed by atoms with van der Waals surface area (Å²) in [6.07, 6.45) is 1.08. The number of hydrogen-bond donors (Lipinski definition) is 2. The van der Waals surface area contributed by atoms with Crippen molar-refractivity contribution in [2.75, 3.05) is 5.32 Å². The summed E-state index contributed by atoms with van der Waals surface area (Å²) in [5.41, 5.74) is 1.16. The first-order chi connectivity index (χ1) is 8.58. The summed E-state index contributed by atoms with van der Waals surface area (Å²) in [6.45, 7) is 1.85. The molecule has 2 rings (SSSR count). The Balaban J connectivity index is 0.00000180. The van der Waals surface area contributed by atoms with Crippen molar-refractivity contribution in [3.63, 3.8) is 0 Å². The molecule has 6 nitrogen and oxygen atoms in total. The molecule has 0 atom stereocenters. The van der Waals surface area contributed by atoms with E-state index in [4.69, 9.17) is 0 Å². The van der Waals surface area contributed by atoms with Crippen LogP contribution in [0.4, 0.5) is 17.1 Å². The van der Waals surface area contributed by atoms with Gasteiger partial charge in [-0.2, -0.15) is 18.2 Å². The van der Waals surface area contributed by atoms with Crippen LogP contribution in [-0.4, -0.2) is 9.91 Å². The number of nitro groups is 1. The molecule has 0 aliphatic heterocycles. The van der Waals surface area contributed by atoms with Crippen molar-refractivity contribution in [3.05, 3.63) is 62.6 Å². The van der Waals surface area contributed by atoms with Gasteiger partial charge in [-0.15, -0.1) is 11.6 Å². The van der Waals surface area contributed by atoms with E-state index >= 15 is 0 Å². The molecule has 0 saturated heterocycles. The van der Waals surface area contributed by atoms with Gasteiger partial charge in [0.2, 0.25) is 5.56 Å². The molecule has 1 aromatic heterocycles. The van der Waals surface area contributed by atoms with Gasteiger partial charge in [0.25, 0.3) is 0 Å². The number of nitrogens with one attached hydrogen (secondary N) is 2. The number of rotatable bonds is 3. The molecule has 0 aliphatic rings. The van der Waals surface area contributed by atoms with Gasteiger partial charge in [-0.1, -0.05) is 12.6 Å². The molecule has 0 saturated carbocycles. The van der Waals surface area contributed by atoms with Crippen LogP contribution in [0.2, 0.25) is 0 Å². The quantitative estimate of drug-likeness (QED) is 0.512. The number of anilines is 2. The van der Waals surface area contributed by atoms with E-state index in [2.05, 4.69) is 16.4 Å². The number of hydrogen-bond acceptors (Lipinski definition) is 4. The van der Waals surface area contributed by atoms with Gasteiger partial charge in [0, 0.05) is 38.8 Å². The summed E-state index contributed by atoms with van der Waals surface area (Å²) < 4.78 is 0. The molecule has 2 aromatic rings. The number of pyridine rings is 1. The maximum atomic E-state index is 11.2. The van der Waals surface area contributed by atoms with Gasteiger partial charge >= 0.3 is 5.69 Å². The average molecular weight is 333 g/mol. The van der Waals surface area contributed by atoms with Crippen molar-refractivity contribution >= 4 is 17.1 Å². The molecular formula is C12H10N3O3Y-. The van der Waals surface area contributed by atoms with Crippen LogP contribution in [0.1, 0.15) is 5.56 Å². The van der Waals surface area contributed by atoms with E-state index in [1.54, 1.807) is 18.2 Å². The van der Waals surface area contributed by atoms with E-state index in [9.17, 15) is 14.9 Å². The fourth-order valence-corrected chi connectivity index (χ4v) is 1.51. The zero-order valence-electron chi connectivity index (χ0n) is 10.1. The number of nitrogens with zero attached hydrogens (tertiary/aromatic N) is 1. The third-order valence-electron chi connectivity index (χ3n) is 2.44. The Bertz CT molecular complexity index is 655. The summed E-state index contributed by atoms with van der Waals surface area (Å²) in [5, 5.41) is 13.7. The third kappa shape index (κ3) is 3.72. The number of aromatic nitrogens is 1. The van der Waals surface area contributed by atoms with Crippen LogP contribution >= 0.6 is 0 Å². The van der Waals surface area contributed by atoms with E-state index in [0.29, 0.717) is 5.69 Å². The van der Waals surface area contributed by atoms with Crippen molar-refractivity contribution < 1.29 is 37.6 Å². The van der Waals surface area contributed by atoms with E-state index in [0.717, 1.165) is 17.8 Å². The zero-order chi connectivity index (χ0) is 13.1. The molecule has 0 fully saturated rings. The monoisotopic (exact) mass is 333 g/mol. The molecule has 0 unspecified atom stereocenters. The molecule has 0 spiro atoms. The van der Waals surface area contributed by atoms with Crippen molar-refractivity contribution in [1.29, 1.82) is 0 Å². The van der Waals surface area contributed by atoms with Crippen LogP contribution in [-0.2, 0) is 32.7 Å². The maximum absolute atomic E-state index is 11.2. The van der Waals surface area contributed by atoms with Crippen LogP contribution in [0.15, 0.2) is 35.3 Å². The van der Waals surface area contributed by atoms with Crippen molar-refractivity contribution in [2.45, 2.75) is 6.92 Å². The molecule has 2 N–H and O–H groups in total. The van der Waals surface area contributed by atoms with E-state index in [1.807, 2.05) is 6.92 Å². The van der Waals surface area contributed by atoms with E-state index < -0.39 is 10.5 Å². The van der Waals surface area contributed by atoms with Gasteiger partial charge in [-0.05, 0) is 0 Å². The Labute approximate surface area is 134 Å². The second-order valence-corrected chi connectivity index (χ2v) is 3.72. The Morgan fingerprint density at radius 1 is 1.42 bits per heavy atom. The van der Waals surface area contributed by atoms with Gasteiger partial charge < -0.3 is 10.3 Å². The SMILES string of the molecule is Cc1c[c-]ccc1Nc1cc(=O)[nH]cc1[N+](=O)[O-].[Y]. The van der Waals surface area contributed by atoms with Crippen molar-refractivity contribution in [2.24, 2.45) is 0 Å². The average Bonchev–Trinajstić information content (AvgIpc) is 2.32. The van der Waals surface area contributed by atoms with Gasteiger partial charge in [-0.25, -0.2) is 0 Å². The van der Waals surface area contributed by atoms with Crippen LogP contribution in [0.5, 0.6) is 0 Å². The minimum Gasteiger partial charge on any atom is -0.372 e. The summed E-state index contributed by atoms with van der Waals surface area (Å²) in [5.74, 6) is 0. The number of aryl methyl sites for hydroxylation is 1. The Morgan fingerprint density at radius 2 is 2.16 bits per heavy atom. The van der Waals surface area contributed by atoms with Crippen LogP contribution in [0.25, 0.3) is 0 Å². The topological polar surface area (TPSA) is 88.0 Å². The molecule has 1 heterocycles. The molecule has 19 heavy (non-hydrogen) atoms. The smallest absolute Gasteiger partial charge is 0.308 e. The molecule has 1 radical (unpaired) electrons. The second kappa shape index (κ2) is 6.59. The minimum absolute atomic E-state index is 0. The van der Waals surface area contributed by atoms with E-state index in [1.165, 1.54) is 0 Å². The predicted molar refractivity (Wildman–Crippen MR) is 67.0 cm³/mol. The molecule has 1 aromatic carbocycles. The first-order valence-electron chi connectivity index (χ1n) is 5.19. The molecule has 95 valence electrons. The largest absolute Gasteiger partial charge is 0.372 e. The first-order valence-corrected chi connectivity index (χ1v) is 5.19. The number of H-pyrrole nitrogens is 1. The van der Waals surface area contributed by atoms with Crippen LogP contribution in [0, 0.1) is 23.1 Å². The third-order valence-corrected chi connectivity index (χ3v) is 2.44. The van der Waals surface area contributed by atoms with Gasteiger partial charge in [0.05, 0.1) is 11.1 Å². The fraction of sp³-hybridized carbons (Fsp3) is 0.0833. The minimum atomic E-state index is -0.553. The molecule has 7 heteroatoms. The van der Waals surface area contributed by atoms with Gasteiger partial charge in [0.15, 0.2) is 0 Å². The first kappa shape index (κ1) is 15.5. The Hall–Kier alpha value is -1.53. The number of benzene rings is 1. The number of aromatic amines is 1. The van der Waals surface area contributed by atoms with Crippen LogP contribution in [0.3, 0.4) is 0 Å². The van der Waals surface area contributed by atoms with Crippen molar-refractivity contribution in [1.82, 2.24) is 4.98 Å². The summed E-state index contributed by atoms with van der Waals surface area (Å²) in [6, 6.07) is 9.23. The van der Waals surface area contributed by atoms with Gasteiger partial charge in [-0.3, -0.25) is 14.9 Å². The molecule has 0 bridgehead atoms. The Morgan fingerprint density at radius 3 is 2.79 bits per heavy atom. The van der Waals surface area contributed by atoms with E-state index in [-0.39, 0.29) is 44.1 Å². The molecule has 0 amide bonds. The summed E-state index contributed by atoms with van der Waals surface area (Å²) >= 11 is 0. The second-order valence-electron chi connectivity index (χ2n) is 3.72.